The third kappa shape index (κ3) is 2.99. The van der Waals surface area contributed by atoms with Crippen molar-refractivity contribution in [3.8, 4) is 17.2 Å². The molecule has 0 amide bonds. The number of aromatic amines is 1. The molecule has 0 fully saturated rings. The molecule has 0 saturated carbocycles. The van der Waals surface area contributed by atoms with E-state index in [0.29, 0.717) is 17.1 Å². The second-order valence-electron chi connectivity index (χ2n) is 6.36. The van der Waals surface area contributed by atoms with Gasteiger partial charge in [-0.3, -0.25) is 19.0 Å². The minimum atomic E-state index is 0.512. The lowest BCUT2D eigenvalue weighted by Gasteiger charge is -2.03. The number of H-pyrrole nitrogens is 1. The largest absolute Gasteiger partial charge is 0.272 e. The molecule has 4 rings (SSSR count). The molecular weight excluding hydrogens is 346 g/mol. The van der Waals surface area contributed by atoms with Gasteiger partial charge in [-0.1, -0.05) is 29.8 Å². The molecule has 4 aromatic rings. The van der Waals surface area contributed by atoms with Crippen molar-refractivity contribution in [3.63, 3.8) is 0 Å². The van der Waals surface area contributed by atoms with E-state index in [-0.39, 0.29) is 0 Å². The van der Waals surface area contributed by atoms with Crippen LogP contribution < -0.4 is 0 Å². The molecule has 3 heterocycles. The van der Waals surface area contributed by atoms with Crippen molar-refractivity contribution in [3.05, 3.63) is 64.3 Å². The smallest absolute Gasteiger partial charge is 0.200 e. The molecular formula is C18H19N7S. The van der Waals surface area contributed by atoms with Crippen LogP contribution in [0, 0.1) is 18.6 Å². The van der Waals surface area contributed by atoms with Crippen LogP contribution in [0.3, 0.4) is 0 Å². The summed E-state index contributed by atoms with van der Waals surface area (Å²) in [6, 6.07) is 10.4. The molecule has 0 spiro atoms. The number of rotatable bonds is 4. The topological polar surface area (TPSA) is 69.2 Å². The lowest BCUT2D eigenvalue weighted by Crippen LogP contribution is -2.01. The average Bonchev–Trinajstić information content (AvgIpc) is 3.30. The quantitative estimate of drug-likeness (QED) is 0.564. The number of hydrogen-bond donors (Lipinski definition) is 1. The molecule has 7 nitrogen and oxygen atoms in total. The molecule has 0 aliphatic rings. The van der Waals surface area contributed by atoms with Crippen molar-refractivity contribution >= 4 is 12.2 Å². The van der Waals surface area contributed by atoms with Gasteiger partial charge in [-0.25, -0.2) is 0 Å². The van der Waals surface area contributed by atoms with Gasteiger partial charge in [-0.2, -0.15) is 15.3 Å². The van der Waals surface area contributed by atoms with E-state index in [1.165, 1.54) is 11.1 Å². The minimum absolute atomic E-state index is 0.512. The Morgan fingerprint density at radius 3 is 2.62 bits per heavy atom. The molecule has 0 aliphatic heterocycles. The molecule has 8 heteroatoms. The first-order chi connectivity index (χ1) is 12.5. The molecule has 0 unspecified atom stereocenters. The molecule has 1 aromatic carbocycles. The molecule has 0 aliphatic carbocycles. The molecule has 132 valence electrons. The highest BCUT2D eigenvalue weighted by molar-refractivity contribution is 7.71. The van der Waals surface area contributed by atoms with Crippen molar-refractivity contribution < 1.29 is 0 Å². The molecule has 26 heavy (non-hydrogen) atoms. The van der Waals surface area contributed by atoms with Crippen molar-refractivity contribution in [1.82, 2.24) is 34.3 Å². The lowest BCUT2D eigenvalue weighted by molar-refractivity contribution is 0.686. The van der Waals surface area contributed by atoms with Gasteiger partial charge in [0.15, 0.2) is 10.6 Å². The summed E-state index contributed by atoms with van der Waals surface area (Å²) in [4.78, 5) is 0. The van der Waals surface area contributed by atoms with Crippen LogP contribution >= 0.6 is 12.2 Å². The Balaban J connectivity index is 1.69. The highest BCUT2D eigenvalue weighted by Gasteiger charge is 2.15. The summed E-state index contributed by atoms with van der Waals surface area (Å²) in [5, 5.41) is 16.2. The van der Waals surface area contributed by atoms with E-state index >= 15 is 0 Å². The van der Waals surface area contributed by atoms with Gasteiger partial charge in [0.05, 0.1) is 18.4 Å². The van der Waals surface area contributed by atoms with Gasteiger partial charge in [-0.15, -0.1) is 0 Å². The third-order valence-corrected chi connectivity index (χ3v) is 4.63. The third-order valence-electron chi connectivity index (χ3n) is 4.36. The van der Waals surface area contributed by atoms with E-state index in [1.54, 1.807) is 6.20 Å². The van der Waals surface area contributed by atoms with Gasteiger partial charge < -0.3 is 0 Å². The summed E-state index contributed by atoms with van der Waals surface area (Å²) >= 11 is 5.42. The average molecular weight is 365 g/mol. The number of benzene rings is 1. The van der Waals surface area contributed by atoms with Crippen LogP contribution in [0.5, 0.6) is 0 Å². The van der Waals surface area contributed by atoms with Crippen molar-refractivity contribution in [2.24, 2.45) is 7.05 Å². The van der Waals surface area contributed by atoms with Crippen LogP contribution in [-0.4, -0.2) is 34.3 Å². The summed E-state index contributed by atoms with van der Waals surface area (Å²) in [6.07, 6.45) is 3.75. The molecule has 0 radical (unpaired) electrons. The van der Waals surface area contributed by atoms with E-state index in [9.17, 15) is 0 Å². The highest BCUT2D eigenvalue weighted by Crippen LogP contribution is 2.21. The van der Waals surface area contributed by atoms with Crippen LogP contribution in [0.2, 0.25) is 0 Å². The van der Waals surface area contributed by atoms with E-state index in [1.807, 2.05) is 40.2 Å². The number of nitrogens with zero attached hydrogens (tertiary/aromatic N) is 6. The zero-order valence-electron chi connectivity index (χ0n) is 14.8. The van der Waals surface area contributed by atoms with Crippen molar-refractivity contribution in [2.75, 3.05) is 0 Å². The fourth-order valence-electron chi connectivity index (χ4n) is 2.81. The Morgan fingerprint density at radius 1 is 1.15 bits per heavy atom. The zero-order chi connectivity index (χ0) is 18.3. The number of hydrogen-bond acceptors (Lipinski definition) is 4. The van der Waals surface area contributed by atoms with E-state index in [2.05, 4.69) is 51.6 Å². The first-order valence-electron chi connectivity index (χ1n) is 8.28. The fourth-order valence-corrected chi connectivity index (χ4v) is 3.05. The number of aromatic nitrogens is 7. The minimum Gasteiger partial charge on any atom is -0.272 e. The van der Waals surface area contributed by atoms with E-state index in [4.69, 9.17) is 12.2 Å². The fraction of sp³-hybridized carbons (Fsp3) is 0.222. The van der Waals surface area contributed by atoms with Gasteiger partial charge in [0, 0.05) is 18.9 Å². The van der Waals surface area contributed by atoms with Gasteiger partial charge in [-0.05, 0) is 37.7 Å². The van der Waals surface area contributed by atoms with Gasteiger partial charge in [0.25, 0.3) is 0 Å². The maximum atomic E-state index is 5.42. The normalized spacial score (nSPS) is 11.2. The summed E-state index contributed by atoms with van der Waals surface area (Å²) < 4.78 is 6.08. The highest BCUT2D eigenvalue weighted by atomic mass is 32.1. The van der Waals surface area contributed by atoms with E-state index in [0.717, 1.165) is 17.1 Å². The summed E-state index contributed by atoms with van der Waals surface area (Å²) in [6.45, 7) is 4.78. The van der Waals surface area contributed by atoms with Crippen LogP contribution in [0.1, 0.15) is 16.8 Å². The lowest BCUT2D eigenvalue weighted by atomic mass is 10.1. The zero-order valence-corrected chi connectivity index (χ0v) is 15.7. The van der Waals surface area contributed by atoms with Crippen LogP contribution in [0.15, 0.2) is 42.7 Å². The summed E-state index contributed by atoms with van der Waals surface area (Å²) in [5.74, 6) is 0.675. The Kier molecular flexibility index (Phi) is 4.04. The molecule has 0 atom stereocenters. The monoisotopic (exact) mass is 365 g/mol. The van der Waals surface area contributed by atoms with Gasteiger partial charge in [0.1, 0.15) is 5.69 Å². The standard InChI is InChI=1S/C18H19N7S/c1-12-4-6-14(7-5-12)10-24-11-15(9-19-24)25-17(20-21-18(25)26)16-8-13(2)23(3)22-16/h4-9,11H,10H2,1-3H3,(H,21,26). The Morgan fingerprint density at radius 2 is 1.92 bits per heavy atom. The first-order valence-corrected chi connectivity index (χ1v) is 8.69. The molecule has 0 bridgehead atoms. The summed E-state index contributed by atoms with van der Waals surface area (Å²) in [5.41, 5.74) is 5.12. The SMILES string of the molecule is Cc1ccc(Cn2cc(-n3c(-c4cc(C)n(C)n4)n[nH]c3=S)cn2)cc1. The van der Waals surface area contributed by atoms with Crippen LogP contribution in [-0.2, 0) is 13.6 Å². The molecule has 1 N–H and O–H groups in total. The van der Waals surface area contributed by atoms with E-state index < -0.39 is 0 Å². The summed E-state index contributed by atoms with van der Waals surface area (Å²) in [7, 11) is 1.91. The predicted molar refractivity (Wildman–Crippen MR) is 102 cm³/mol. The van der Waals surface area contributed by atoms with Gasteiger partial charge in [0.2, 0.25) is 0 Å². The van der Waals surface area contributed by atoms with Gasteiger partial charge >= 0.3 is 0 Å². The molecule has 3 aromatic heterocycles. The first kappa shape index (κ1) is 16.5. The second kappa shape index (κ2) is 6.38. The Labute approximate surface area is 155 Å². The van der Waals surface area contributed by atoms with Crippen molar-refractivity contribution in [2.45, 2.75) is 20.4 Å². The second-order valence-corrected chi connectivity index (χ2v) is 6.75. The number of aryl methyl sites for hydroxylation is 3. The predicted octanol–water partition coefficient (Wildman–Crippen LogP) is 3.19. The van der Waals surface area contributed by atoms with Crippen LogP contribution in [0.25, 0.3) is 17.2 Å². The Hall–Kier alpha value is -3.00. The maximum absolute atomic E-state index is 5.42. The van der Waals surface area contributed by atoms with Crippen LogP contribution in [0.4, 0.5) is 0 Å². The Bertz CT molecular complexity index is 1090. The van der Waals surface area contributed by atoms with Crippen molar-refractivity contribution in [1.29, 1.82) is 0 Å². The maximum Gasteiger partial charge on any atom is 0.200 e. The number of nitrogens with one attached hydrogen (secondary N) is 1. The molecule has 0 saturated heterocycles.